The second kappa shape index (κ2) is 4.89. The number of aryl methyl sites for hydroxylation is 1. The zero-order valence-electron chi connectivity index (χ0n) is 8.90. The molecule has 0 aliphatic heterocycles. The molecule has 0 aromatic carbocycles. The van der Waals surface area contributed by atoms with Gasteiger partial charge in [-0.1, -0.05) is 0 Å². The lowest BCUT2D eigenvalue weighted by Gasteiger charge is -2.02. The van der Waals surface area contributed by atoms with Gasteiger partial charge in [0.05, 0.1) is 16.7 Å². The van der Waals surface area contributed by atoms with Gasteiger partial charge >= 0.3 is 0 Å². The number of aromatic amines is 1. The minimum Gasteiger partial charge on any atom is -0.347 e. The van der Waals surface area contributed by atoms with Crippen LogP contribution in [0.1, 0.15) is 11.3 Å². The molecule has 0 radical (unpaired) electrons. The summed E-state index contributed by atoms with van der Waals surface area (Å²) in [7, 11) is -3.45. The van der Waals surface area contributed by atoms with Crippen LogP contribution in [0.4, 0.5) is 0 Å². The Balaban J connectivity index is 2.14. The minimum absolute atomic E-state index is 0.205. The summed E-state index contributed by atoms with van der Waals surface area (Å²) in [6, 6.07) is 1.64. The number of nitrogens with one attached hydrogen (secondary N) is 2. The van der Waals surface area contributed by atoms with Crippen LogP contribution in [-0.4, -0.2) is 18.4 Å². The van der Waals surface area contributed by atoms with Crippen molar-refractivity contribution < 1.29 is 8.42 Å². The largest absolute Gasteiger partial charge is 0.347 e. The van der Waals surface area contributed by atoms with Gasteiger partial charge in [-0.2, -0.15) is 0 Å². The first-order valence-corrected chi connectivity index (χ1v) is 7.81. The molecule has 0 saturated heterocycles. The van der Waals surface area contributed by atoms with Crippen molar-refractivity contribution in [2.24, 2.45) is 0 Å². The average Bonchev–Trinajstić information content (AvgIpc) is 2.87. The van der Waals surface area contributed by atoms with E-state index in [4.69, 9.17) is 0 Å². The van der Waals surface area contributed by atoms with E-state index < -0.39 is 10.0 Å². The van der Waals surface area contributed by atoms with Crippen LogP contribution in [0.25, 0.3) is 0 Å². The number of imidazole rings is 1. The zero-order valence-corrected chi connectivity index (χ0v) is 12.1. The van der Waals surface area contributed by atoms with Crippen molar-refractivity contribution in [3.8, 4) is 0 Å². The monoisotopic (exact) mass is 335 g/mol. The van der Waals surface area contributed by atoms with E-state index in [-0.39, 0.29) is 6.54 Å². The Labute approximate surface area is 111 Å². The smallest absolute Gasteiger partial charge is 0.250 e. The van der Waals surface area contributed by atoms with E-state index in [1.165, 1.54) is 17.7 Å². The first-order chi connectivity index (χ1) is 7.99. The lowest BCUT2D eigenvalue weighted by molar-refractivity contribution is 0.582. The van der Waals surface area contributed by atoms with Crippen LogP contribution in [0.5, 0.6) is 0 Å². The van der Waals surface area contributed by atoms with Crippen LogP contribution in [0.2, 0.25) is 0 Å². The number of sulfonamides is 1. The summed E-state index contributed by atoms with van der Waals surface area (Å²) in [6.07, 6.45) is 3.09. The van der Waals surface area contributed by atoms with Crippen LogP contribution in [-0.2, 0) is 16.6 Å². The van der Waals surface area contributed by atoms with Crippen LogP contribution in [0.15, 0.2) is 26.6 Å². The number of H-pyrrole nitrogens is 1. The second-order valence-electron chi connectivity index (χ2n) is 3.42. The van der Waals surface area contributed by atoms with Gasteiger partial charge in [0.2, 0.25) is 10.0 Å². The summed E-state index contributed by atoms with van der Waals surface area (Å²) < 4.78 is 27.5. The van der Waals surface area contributed by atoms with Crippen molar-refractivity contribution in [3.63, 3.8) is 0 Å². The first kappa shape index (κ1) is 12.7. The summed E-state index contributed by atoms with van der Waals surface area (Å²) in [5.41, 5.74) is 1.64. The fraction of sp³-hybridized carbons (Fsp3) is 0.222. The van der Waals surface area contributed by atoms with E-state index in [1.54, 1.807) is 12.3 Å². The maximum Gasteiger partial charge on any atom is 0.250 e. The summed E-state index contributed by atoms with van der Waals surface area (Å²) in [5, 5.41) is 0. The van der Waals surface area contributed by atoms with Gasteiger partial charge in [0.25, 0.3) is 0 Å². The lowest BCUT2D eigenvalue weighted by atomic mass is 10.4. The standard InChI is InChI=1S/C9H10BrN3O2S2/c1-6-2-8(16-9(6)10)17(14,15)13-4-7-3-11-5-12-7/h2-3,5,13H,4H2,1H3,(H,11,12). The van der Waals surface area contributed by atoms with Gasteiger partial charge in [0.15, 0.2) is 0 Å². The van der Waals surface area contributed by atoms with Crippen LogP contribution in [0, 0.1) is 6.92 Å². The molecule has 5 nitrogen and oxygen atoms in total. The molecule has 2 rings (SSSR count). The van der Waals surface area contributed by atoms with Crippen molar-refractivity contribution in [2.75, 3.05) is 0 Å². The van der Waals surface area contributed by atoms with E-state index in [0.717, 1.165) is 15.0 Å². The molecule has 0 aliphatic carbocycles. The third-order valence-electron chi connectivity index (χ3n) is 2.11. The Kier molecular flexibility index (Phi) is 3.67. The maximum atomic E-state index is 11.9. The molecule has 0 amide bonds. The molecule has 0 fully saturated rings. The van der Waals surface area contributed by atoms with E-state index in [9.17, 15) is 8.42 Å². The topological polar surface area (TPSA) is 74.8 Å². The summed E-state index contributed by atoms with van der Waals surface area (Å²) >= 11 is 4.51. The molecular weight excluding hydrogens is 326 g/mol. The van der Waals surface area contributed by atoms with Crippen LogP contribution in [0.3, 0.4) is 0 Å². The summed E-state index contributed by atoms with van der Waals surface area (Å²) in [6.45, 7) is 2.06. The number of hydrogen-bond acceptors (Lipinski definition) is 4. The molecule has 2 aromatic rings. The first-order valence-electron chi connectivity index (χ1n) is 4.72. The van der Waals surface area contributed by atoms with Crippen molar-refractivity contribution in [3.05, 3.63) is 33.6 Å². The normalized spacial score (nSPS) is 11.9. The molecule has 17 heavy (non-hydrogen) atoms. The predicted octanol–water partition coefficient (Wildman–Crippen LogP) is 2.02. The van der Waals surface area contributed by atoms with Gasteiger partial charge in [-0.05, 0) is 34.5 Å². The SMILES string of the molecule is Cc1cc(S(=O)(=O)NCc2cnc[nH]2)sc1Br. The van der Waals surface area contributed by atoms with Gasteiger partial charge in [0, 0.05) is 11.9 Å². The Hall–Kier alpha value is -0.700. The predicted molar refractivity (Wildman–Crippen MR) is 69.4 cm³/mol. The van der Waals surface area contributed by atoms with E-state index in [2.05, 4.69) is 30.6 Å². The van der Waals surface area contributed by atoms with Gasteiger partial charge in [-0.25, -0.2) is 18.1 Å². The minimum atomic E-state index is -3.45. The van der Waals surface area contributed by atoms with Gasteiger partial charge in [-0.15, -0.1) is 11.3 Å². The van der Waals surface area contributed by atoms with Gasteiger partial charge in [-0.3, -0.25) is 0 Å². The molecule has 0 unspecified atom stereocenters. The Morgan fingerprint density at radius 1 is 1.59 bits per heavy atom. The van der Waals surface area contributed by atoms with E-state index >= 15 is 0 Å². The number of rotatable bonds is 4. The molecule has 2 aromatic heterocycles. The van der Waals surface area contributed by atoms with Gasteiger partial charge < -0.3 is 4.98 Å². The van der Waals surface area contributed by atoms with Crippen molar-refractivity contribution in [1.82, 2.24) is 14.7 Å². The molecule has 0 spiro atoms. The number of aromatic nitrogens is 2. The van der Waals surface area contributed by atoms with Crippen molar-refractivity contribution >= 4 is 37.3 Å². The Morgan fingerprint density at radius 3 is 2.88 bits per heavy atom. The molecule has 92 valence electrons. The molecule has 0 saturated carbocycles. The Morgan fingerprint density at radius 2 is 2.35 bits per heavy atom. The summed E-state index contributed by atoms with van der Waals surface area (Å²) in [5.74, 6) is 0. The highest BCUT2D eigenvalue weighted by Crippen LogP contribution is 2.30. The third kappa shape index (κ3) is 2.95. The average molecular weight is 336 g/mol. The lowest BCUT2D eigenvalue weighted by Crippen LogP contribution is -2.22. The molecule has 0 aliphatic rings. The third-order valence-corrected chi connectivity index (χ3v) is 6.12. The second-order valence-corrected chi connectivity index (χ2v) is 7.79. The zero-order chi connectivity index (χ0) is 12.5. The fourth-order valence-corrected chi connectivity index (χ4v) is 4.47. The van der Waals surface area contributed by atoms with E-state index in [0.29, 0.717) is 4.21 Å². The molecule has 0 bridgehead atoms. The number of hydrogen-bond donors (Lipinski definition) is 2. The Bertz CT molecular complexity index is 585. The maximum absolute atomic E-state index is 11.9. The quantitative estimate of drug-likeness (QED) is 0.897. The highest BCUT2D eigenvalue weighted by atomic mass is 79.9. The van der Waals surface area contributed by atoms with Crippen LogP contribution >= 0.6 is 27.3 Å². The number of halogens is 1. The number of thiophene rings is 1. The molecule has 2 N–H and O–H groups in total. The van der Waals surface area contributed by atoms with Crippen LogP contribution < -0.4 is 4.72 Å². The molecule has 8 heteroatoms. The fourth-order valence-electron chi connectivity index (χ4n) is 1.19. The van der Waals surface area contributed by atoms with Crippen molar-refractivity contribution in [2.45, 2.75) is 17.7 Å². The number of nitrogens with zero attached hydrogens (tertiary/aromatic N) is 1. The molecule has 2 heterocycles. The van der Waals surface area contributed by atoms with E-state index in [1.807, 2.05) is 6.92 Å². The highest BCUT2D eigenvalue weighted by Gasteiger charge is 2.17. The molecular formula is C9H10BrN3O2S2. The summed E-state index contributed by atoms with van der Waals surface area (Å²) in [4.78, 5) is 6.65. The highest BCUT2D eigenvalue weighted by molar-refractivity contribution is 9.11. The van der Waals surface area contributed by atoms with Gasteiger partial charge in [0.1, 0.15) is 4.21 Å². The van der Waals surface area contributed by atoms with Crippen molar-refractivity contribution in [1.29, 1.82) is 0 Å². The molecule has 0 atom stereocenters.